The summed E-state index contributed by atoms with van der Waals surface area (Å²) in [6.45, 7) is 0.850. The van der Waals surface area contributed by atoms with Crippen molar-refractivity contribution in [3.63, 3.8) is 0 Å². The minimum atomic E-state index is 0.661. The van der Waals surface area contributed by atoms with Crippen LogP contribution in [-0.4, -0.2) is 11.7 Å². The molecule has 0 amide bonds. The molecule has 1 heterocycles. The van der Waals surface area contributed by atoms with E-state index >= 15 is 0 Å². The molecule has 0 saturated carbocycles. The van der Waals surface area contributed by atoms with Gasteiger partial charge in [0.15, 0.2) is 5.11 Å². The second kappa shape index (κ2) is 6.87. The molecular formula is C13H13BrN2S2. The summed E-state index contributed by atoms with van der Waals surface area (Å²) in [4.78, 5) is 1.37. The van der Waals surface area contributed by atoms with Gasteiger partial charge in [0.25, 0.3) is 0 Å². The van der Waals surface area contributed by atoms with Crippen molar-refractivity contribution in [2.45, 2.75) is 6.42 Å². The van der Waals surface area contributed by atoms with Gasteiger partial charge in [-0.25, -0.2) is 0 Å². The third-order valence-electron chi connectivity index (χ3n) is 2.34. The van der Waals surface area contributed by atoms with Gasteiger partial charge in [-0.05, 0) is 54.4 Å². The summed E-state index contributed by atoms with van der Waals surface area (Å²) in [6, 6.07) is 12.1. The molecule has 0 saturated heterocycles. The maximum Gasteiger partial charge on any atom is 0.170 e. The van der Waals surface area contributed by atoms with Crippen LogP contribution in [0.5, 0.6) is 0 Å². The molecule has 2 nitrogen and oxygen atoms in total. The summed E-state index contributed by atoms with van der Waals surface area (Å²) < 4.78 is 1.06. The lowest BCUT2D eigenvalue weighted by Crippen LogP contribution is -2.30. The normalized spacial score (nSPS) is 10.1. The molecule has 2 aromatic rings. The Bertz CT molecular complexity index is 494. The zero-order valence-corrected chi connectivity index (χ0v) is 12.9. The van der Waals surface area contributed by atoms with Crippen LogP contribution in [0, 0.1) is 0 Å². The van der Waals surface area contributed by atoms with Crippen LogP contribution in [-0.2, 0) is 6.42 Å². The highest BCUT2D eigenvalue weighted by molar-refractivity contribution is 9.10. The number of benzene rings is 1. The quantitative estimate of drug-likeness (QED) is 0.821. The monoisotopic (exact) mass is 340 g/mol. The lowest BCUT2D eigenvalue weighted by atomic mass is 10.3. The molecule has 2 rings (SSSR count). The van der Waals surface area contributed by atoms with Gasteiger partial charge in [0.1, 0.15) is 0 Å². The summed E-state index contributed by atoms with van der Waals surface area (Å²) in [6.07, 6.45) is 1.000. The molecule has 0 fully saturated rings. The molecule has 0 unspecified atom stereocenters. The summed E-state index contributed by atoms with van der Waals surface area (Å²) in [7, 11) is 0. The lowest BCUT2D eigenvalue weighted by Gasteiger charge is -2.10. The first-order chi connectivity index (χ1) is 8.74. The molecule has 0 aliphatic heterocycles. The van der Waals surface area contributed by atoms with E-state index in [0.29, 0.717) is 5.11 Å². The average molecular weight is 341 g/mol. The molecule has 94 valence electrons. The average Bonchev–Trinajstić information content (AvgIpc) is 2.85. The van der Waals surface area contributed by atoms with Gasteiger partial charge in [0.05, 0.1) is 0 Å². The summed E-state index contributed by atoms with van der Waals surface area (Å²) in [5.41, 5.74) is 0.992. The van der Waals surface area contributed by atoms with E-state index in [-0.39, 0.29) is 0 Å². The Morgan fingerprint density at radius 3 is 2.67 bits per heavy atom. The fraction of sp³-hybridized carbons (Fsp3) is 0.154. The van der Waals surface area contributed by atoms with Gasteiger partial charge < -0.3 is 10.6 Å². The second-order valence-corrected chi connectivity index (χ2v) is 6.07. The van der Waals surface area contributed by atoms with E-state index in [1.165, 1.54) is 4.88 Å². The van der Waals surface area contributed by atoms with Crippen LogP contribution < -0.4 is 10.6 Å². The van der Waals surface area contributed by atoms with Crippen molar-refractivity contribution >= 4 is 50.3 Å². The van der Waals surface area contributed by atoms with Crippen molar-refractivity contribution in [1.29, 1.82) is 0 Å². The molecule has 1 aromatic heterocycles. The molecule has 0 radical (unpaired) electrons. The Morgan fingerprint density at radius 1 is 1.22 bits per heavy atom. The van der Waals surface area contributed by atoms with Gasteiger partial charge in [0.2, 0.25) is 0 Å². The van der Waals surface area contributed by atoms with Gasteiger partial charge in [-0.1, -0.05) is 22.0 Å². The Hall–Kier alpha value is -0.910. The molecule has 0 aliphatic carbocycles. The van der Waals surface area contributed by atoms with Crippen molar-refractivity contribution in [1.82, 2.24) is 5.32 Å². The van der Waals surface area contributed by atoms with Crippen LogP contribution in [0.1, 0.15) is 4.88 Å². The summed E-state index contributed by atoms with van der Waals surface area (Å²) in [5, 5.41) is 9.10. The smallest absolute Gasteiger partial charge is 0.170 e. The number of thiocarbonyl (C=S) groups is 1. The number of thiophene rings is 1. The van der Waals surface area contributed by atoms with E-state index in [2.05, 4.69) is 44.1 Å². The number of rotatable bonds is 4. The molecule has 18 heavy (non-hydrogen) atoms. The van der Waals surface area contributed by atoms with Gasteiger partial charge >= 0.3 is 0 Å². The van der Waals surface area contributed by atoms with Crippen molar-refractivity contribution in [3.05, 3.63) is 51.1 Å². The first-order valence-corrected chi connectivity index (χ1v) is 7.65. The SMILES string of the molecule is S=C(NCCc1cccs1)Nc1ccc(Br)cc1. The maximum atomic E-state index is 5.23. The van der Waals surface area contributed by atoms with Crippen LogP contribution in [0.15, 0.2) is 46.3 Å². The summed E-state index contributed by atoms with van der Waals surface area (Å²) in [5.74, 6) is 0. The fourth-order valence-corrected chi connectivity index (χ4v) is 2.66. The topological polar surface area (TPSA) is 24.1 Å². The van der Waals surface area contributed by atoms with Gasteiger partial charge in [-0.2, -0.15) is 0 Å². The number of anilines is 1. The zero-order valence-electron chi connectivity index (χ0n) is 9.65. The zero-order chi connectivity index (χ0) is 12.8. The van der Waals surface area contributed by atoms with Gasteiger partial charge in [-0.3, -0.25) is 0 Å². The molecule has 2 N–H and O–H groups in total. The molecule has 0 bridgehead atoms. The number of hydrogen-bond donors (Lipinski definition) is 2. The molecule has 1 aromatic carbocycles. The van der Waals surface area contributed by atoms with Crippen molar-refractivity contribution in [2.24, 2.45) is 0 Å². The minimum absolute atomic E-state index is 0.661. The predicted octanol–water partition coefficient (Wildman–Crippen LogP) is 4.04. The third-order valence-corrected chi connectivity index (χ3v) is 4.05. The van der Waals surface area contributed by atoms with E-state index in [1.54, 1.807) is 11.3 Å². The van der Waals surface area contributed by atoms with Crippen molar-refractivity contribution in [3.8, 4) is 0 Å². The van der Waals surface area contributed by atoms with Crippen LogP contribution in [0.4, 0.5) is 5.69 Å². The lowest BCUT2D eigenvalue weighted by molar-refractivity contribution is 0.885. The number of nitrogens with one attached hydrogen (secondary N) is 2. The fourth-order valence-electron chi connectivity index (χ4n) is 1.46. The van der Waals surface area contributed by atoms with Gasteiger partial charge in [-0.15, -0.1) is 11.3 Å². The van der Waals surface area contributed by atoms with Crippen molar-refractivity contribution in [2.75, 3.05) is 11.9 Å². The van der Waals surface area contributed by atoms with Crippen LogP contribution >= 0.6 is 39.5 Å². The highest BCUT2D eigenvalue weighted by Gasteiger charge is 1.98. The Labute approximate surface area is 125 Å². The molecule has 0 atom stereocenters. The summed E-state index contributed by atoms with van der Waals surface area (Å²) >= 11 is 10.4. The van der Waals surface area contributed by atoms with Crippen LogP contribution in [0.25, 0.3) is 0 Å². The predicted molar refractivity (Wildman–Crippen MR) is 86.4 cm³/mol. The first kappa shape index (κ1) is 13.5. The Morgan fingerprint density at radius 2 is 2.00 bits per heavy atom. The second-order valence-electron chi connectivity index (χ2n) is 3.72. The largest absolute Gasteiger partial charge is 0.362 e. The van der Waals surface area contributed by atoms with Crippen LogP contribution in [0.2, 0.25) is 0 Å². The Kier molecular flexibility index (Phi) is 5.16. The number of halogens is 1. The molecule has 5 heteroatoms. The highest BCUT2D eigenvalue weighted by Crippen LogP contribution is 2.14. The van der Waals surface area contributed by atoms with E-state index < -0.39 is 0 Å². The van der Waals surface area contributed by atoms with Crippen LogP contribution in [0.3, 0.4) is 0 Å². The third kappa shape index (κ3) is 4.40. The number of hydrogen-bond acceptors (Lipinski definition) is 2. The Balaban J connectivity index is 1.73. The maximum absolute atomic E-state index is 5.23. The van der Waals surface area contributed by atoms with E-state index in [1.807, 2.05) is 24.3 Å². The molecule has 0 spiro atoms. The first-order valence-electron chi connectivity index (χ1n) is 5.57. The van der Waals surface area contributed by atoms with Crippen molar-refractivity contribution < 1.29 is 0 Å². The standard InChI is InChI=1S/C13H13BrN2S2/c14-10-3-5-11(6-4-10)16-13(17)15-8-7-12-2-1-9-18-12/h1-6,9H,7-8H2,(H2,15,16,17). The van der Waals surface area contributed by atoms with E-state index in [0.717, 1.165) is 23.1 Å². The minimum Gasteiger partial charge on any atom is -0.362 e. The molecular weight excluding hydrogens is 328 g/mol. The highest BCUT2D eigenvalue weighted by atomic mass is 79.9. The van der Waals surface area contributed by atoms with E-state index in [4.69, 9.17) is 12.2 Å². The molecule has 0 aliphatic rings. The van der Waals surface area contributed by atoms with Gasteiger partial charge in [0, 0.05) is 21.6 Å². The van der Waals surface area contributed by atoms with E-state index in [9.17, 15) is 0 Å².